The van der Waals surface area contributed by atoms with Gasteiger partial charge in [-0.2, -0.15) is 0 Å². The molecule has 0 saturated heterocycles. The normalized spacial score (nSPS) is 14.3. The van der Waals surface area contributed by atoms with Crippen LogP contribution < -0.4 is 5.73 Å². The predicted octanol–water partition coefficient (Wildman–Crippen LogP) is 4.13. The highest BCUT2D eigenvalue weighted by atomic mass is 19.3. The Morgan fingerprint density at radius 2 is 1.78 bits per heavy atom. The standard InChI is InChI=1S/C15H23F2N/c1-10(2)14(9-18)12-6-5-7-13(8-12)15(16,17)11(3)4/h5-8,10-11,14H,9,18H2,1-4H3. The highest BCUT2D eigenvalue weighted by Crippen LogP contribution is 2.37. The lowest BCUT2D eigenvalue weighted by Crippen LogP contribution is -2.22. The Morgan fingerprint density at radius 1 is 1.17 bits per heavy atom. The van der Waals surface area contributed by atoms with Crippen LogP contribution in [0.1, 0.15) is 44.7 Å². The molecule has 2 N–H and O–H groups in total. The van der Waals surface area contributed by atoms with Crippen LogP contribution in [0.5, 0.6) is 0 Å². The lowest BCUT2D eigenvalue weighted by atomic mass is 9.86. The van der Waals surface area contributed by atoms with Crippen molar-refractivity contribution in [2.45, 2.75) is 39.5 Å². The Kier molecular flexibility index (Phi) is 4.85. The summed E-state index contributed by atoms with van der Waals surface area (Å²) in [6, 6.07) is 6.69. The molecule has 0 radical (unpaired) electrons. The van der Waals surface area contributed by atoms with E-state index >= 15 is 0 Å². The smallest absolute Gasteiger partial charge is 0.275 e. The first-order valence-corrected chi connectivity index (χ1v) is 6.49. The average molecular weight is 255 g/mol. The van der Waals surface area contributed by atoms with Crippen molar-refractivity contribution < 1.29 is 8.78 Å². The number of rotatable bonds is 5. The molecule has 0 bridgehead atoms. The van der Waals surface area contributed by atoms with E-state index in [0.717, 1.165) is 5.56 Å². The fraction of sp³-hybridized carbons (Fsp3) is 0.600. The summed E-state index contributed by atoms with van der Waals surface area (Å²) >= 11 is 0. The molecule has 102 valence electrons. The molecule has 1 nitrogen and oxygen atoms in total. The zero-order valence-electron chi connectivity index (χ0n) is 11.6. The fourth-order valence-electron chi connectivity index (χ4n) is 2.10. The number of alkyl halides is 2. The van der Waals surface area contributed by atoms with Crippen molar-refractivity contribution >= 4 is 0 Å². The third kappa shape index (κ3) is 3.08. The first-order valence-electron chi connectivity index (χ1n) is 6.49. The van der Waals surface area contributed by atoms with Crippen LogP contribution in [0.25, 0.3) is 0 Å². The molecule has 0 aromatic heterocycles. The Bertz CT molecular complexity index is 386. The summed E-state index contributed by atoms with van der Waals surface area (Å²) in [5, 5.41) is 0. The van der Waals surface area contributed by atoms with E-state index in [1.165, 1.54) is 19.9 Å². The van der Waals surface area contributed by atoms with Crippen LogP contribution in [0.2, 0.25) is 0 Å². The minimum atomic E-state index is -2.79. The van der Waals surface area contributed by atoms with Gasteiger partial charge in [0.05, 0.1) is 0 Å². The fourth-order valence-corrected chi connectivity index (χ4v) is 2.10. The molecule has 3 heteroatoms. The summed E-state index contributed by atoms with van der Waals surface area (Å²) in [7, 11) is 0. The van der Waals surface area contributed by atoms with E-state index in [4.69, 9.17) is 5.73 Å². The molecule has 1 aromatic carbocycles. The molecule has 0 heterocycles. The minimum Gasteiger partial charge on any atom is -0.330 e. The number of benzene rings is 1. The second kappa shape index (κ2) is 5.79. The summed E-state index contributed by atoms with van der Waals surface area (Å²) in [6.45, 7) is 7.68. The Balaban J connectivity index is 3.13. The molecule has 0 aliphatic carbocycles. The van der Waals surface area contributed by atoms with E-state index in [1.807, 2.05) is 6.07 Å². The number of halogens is 2. The first-order chi connectivity index (χ1) is 8.30. The van der Waals surface area contributed by atoms with E-state index in [1.54, 1.807) is 12.1 Å². The van der Waals surface area contributed by atoms with Gasteiger partial charge < -0.3 is 5.73 Å². The number of nitrogens with two attached hydrogens (primary N) is 1. The second-order valence-corrected chi connectivity index (χ2v) is 5.49. The lowest BCUT2D eigenvalue weighted by molar-refractivity contribution is -0.0514. The molecule has 0 spiro atoms. The summed E-state index contributed by atoms with van der Waals surface area (Å²) in [5.74, 6) is -3.01. The van der Waals surface area contributed by atoms with Gasteiger partial charge in [-0.15, -0.1) is 0 Å². The maximum absolute atomic E-state index is 14.0. The Hall–Kier alpha value is -0.960. The number of hydrogen-bond acceptors (Lipinski definition) is 1. The highest BCUT2D eigenvalue weighted by Gasteiger charge is 2.35. The van der Waals surface area contributed by atoms with Crippen molar-refractivity contribution in [3.05, 3.63) is 35.4 Å². The average Bonchev–Trinajstić information content (AvgIpc) is 2.29. The molecule has 0 aliphatic heterocycles. The summed E-state index contributed by atoms with van der Waals surface area (Å²) < 4.78 is 28.0. The van der Waals surface area contributed by atoms with Gasteiger partial charge in [-0.3, -0.25) is 0 Å². The van der Waals surface area contributed by atoms with Gasteiger partial charge >= 0.3 is 0 Å². The lowest BCUT2D eigenvalue weighted by Gasteiger charge is -2.24. The van der Waals surface area contributed by atoms with Crippen LogP contribution in [0, 0.1) is 11.8 Å². The van der Waals surface area contributed by atoms with E-state index in [-0.39, 0.29) is 11.5 Å². The van der Waals surface area contributed by atoms with Crippen LogP contribution in [-0.2, 0) is 5.92 Å². The van der Waals surface area contributed by atoms with Crippen LogP contribution >= 0.6 is 0 Å². The largest absolute Gasteiger partial charge is 0.330 e. The quantitative estimate of drug-likeness (QED) is 0.841. The molecular weight excluding hydrogens is 232 g/mol. The van der Waals surface area contributed by atoms with Crippen LogP contribution in [0.15, 0.2) is 24.3 Å². The molecule has 1 atom stereocenters. The summed E-state index contributed by atoms with van der Waals surface area (Å²) in [4.78, 5) is 0. The summed E-state index contributed by atoms with van der Waals surface area (Å²) in [6.07, 6.45) is 0. The van der Waals surface area contributed by atoms with E-state index in [2.05, 4.69) is 13.8 Å². The van der Waals surface area contributed by atoms with Crippen LogP contribution in [-0.4, -0.2) is 6.54 Å². The predicted molar refractivity (Wildman–Crippen MR) is 71.8 cm³/mol. The number of hydrogen-bond donors (Lipinski definition) is 1. The van der Waals surface area contributed by atoms with Crippen LogP contribution in [0.3, 0.4) is 0 Å². The van der Waals surface area contributed by atoms with Gasteiger partial charge in [-0.05, 0) is 30.0 Å². The Morgan fingerprint density at radius 3 is 2.22 bits per heavy atom. The SMILES string of the molecule is CC(C)C(CN)c1cccc(C(F)(F)C(C)C)c1. The monoisotopic (exact) mass is 255 g/mol. The molecule has 18 heavy (non-hydrogen) atoms. The molecule has 0 fully saturated rings. The first kappa shape index (κ1) is 15.1. The maximum Gasteiger partial charge on any atom is 0.275 e. The topological polar surface area (TPSA) is 26.0 Å². The van der Waals surface area contributed by atoms with Gasteiger partial charge in [-0.25, -0.2) is 8.78 Å². The van der Waals surface area contributed by atoms with Crippen molar-refractivity contribution in [3.63, 3.8) is 0 Å². The van der Waals surface area contributed by atoms with Gasteiger partial charge in [0.2, 0.25) is 0 Å². The van der Waals surface area contributed by atoms with Gasteiger partial charge in [0.25, 0.3) is 5.92 Å². The van der Waals surface area contributed by atoms with E-state index in [0.29, 0.717) is 12.5 Å². The van der Waals surface area contributed by atoms with Crippen molar-refractivity contribution in [3.8, 4) is 0 Å². The van der Waals surface area contributed by atoms with Gasteiger partial charge in [-0.1, -0.05) is 45.9 Å². The maximum atomic E-state index is 14.0. The molecular formula is C15H23F2N. The molecule has 1 aromatic rings. The van der Waals surface area contributed by atoms with Crippen molar-refractivity contribution in [2.75, 3.05) is 6.54 Å². The third-order valence-electron chi connectivity index (χ3n) is 3.48. The zero-order chi connectivity index (χ0) is 13.9. The van der Waals surface area contributed by atoms with Crippen molar-refractivity contribution in [1.29, 1.82) is 0 Å². The molecule has 1 rings (SSSR count). The zero-order valence-corrected chi connectivity index (χ0v) is 11.6. The minimum absolute atomic E-state index is 0.0918. The molecule has 0 aliphatic rings. The highest BCUT2D eigenvalue weighted by molar-refractivity contribution is 5.30. The van der Waals surface area contributed by atoms with Crippen LogP contribution in [0.4, 0.5) is 8.78 Å². The molecule has 0 amide bonds. The third-order valence-corrected chi connectivity index (χ3v) is 3.48. The molecule has 1 unspecified atom stereocenters. The summed E-state index contributed by atoms with van der Waals surface area (Å²) in [5.41, 5.74) is 6.74. The van der Waals surface area contributed by atoms with Gasteiger partial charge in [0.1, 0.15) is 0 Å². The van der Waals surface area contributed by atoms with Crippen molar-refractivity contribution in [2.24, 2.45) is 17.6 Å². The molecule has 0 saturated carbocycles. The van der Waals surface area contributed by atoms with E-state index in [9.17, 15) is 8.78 Å². The van der Waals surface area contributed by atoms with Gasteiger partial charge in [0, 0.05) is 11.5 Å². The van der Waals surface area contributed by atoms with E-state index < -0.39 is 11.8 Å². The Labute approximate surface area is 108 Å². The van der Waals surface area contributed by atoms with Gasteiger partial charge in [0.15, 0.2) is 0 Å². The second-order valence-electron chi connectivity index (χ2n) is 5.49. The van der Waals surface area contributed by atoms with Crippen molar-refractivity contribution in [1.82, 2.24) is 0 Å².